The van der Waals surface area contributed by atoms with E-state index in [2.05, 4.69) is 17.0 Å². The predicted molar refractivity (Wildman–Crippen MR) is 144 cm³/mol. The Balaban J connectivity index is 1.01. The molecule has 200 valence electrons. The van der Waals surface area contributed by atoms with Crippen LogP contribution in [0.4, 0.5) is 0 Å². The van der Waals surface area contributed by atoms with Crippen molar-refractivity contribution >= 4 is 11.8 Å². The van der Waals surface area contributed by atoms with Crippen molar-refractivity contribution in [1.29, 1.82) is 0 Å². The minimum absolute atomic E-state index is 0.000212. The van der Waals surface area contributed by atoms with E-state index < -0.39 is 5.79 Å². The fourth-order valence-corrected chi connectivity index (χ4v) is 8.48. The van der Waals surface area contributed by atoms with Gasteiger partial charge in [0.05, 0.1) is 12.0 Å². The van der Waals surface area contributed by atoms with Crippen molar-refractivity contribution in [3.8, 4) is 16.9 Å². The fourth-order valence-electron chi connectivity index (χ4n) is 8.48. The second-order valence-electron chi connectivity index (χ2n) is 12.9. The van der Waals surface area contributed by atoms with Crippen LogP contribution in [0.1, 0.15) is 67.3 Å². The lowest BCUT2D eigenvalue weighted by Crippen LogP contribution is -2.58. The zero-order chi connectivity index (χ0) is 26.1. The fraction of sp³-hybridized carbons (Fsp3) is 0.562. The molecule has 6 heteroatoms. The van der Waals surface area contributed by atoms with Crippen LogP contribution in [0.2, 0.25) is 0 Å². The lowest BCUT2D eigenvalue weighted by Gasteiger charge is -2.57. The first-order valence-electron chi connectivity index (χ1n) is 14.4. The van der Waals surface area contributed by atoms with E-state index in [1.807, 2.05) is 30.3 Å². The van der Waals surface area contributed by atoms with Crippen LogP contribution in [0, 0.1) is 23.2 Å². The van der Waals surface area contributed by atoms with E-state index in [-0.39, 0.29) is 11.3 Å². The Morgan fingerprint density at radius 2 is 1.47 bits per heavy atom. The number of carbonyl (C=O) groups excluding carboxylic acids is 2. The Morgan fingerprint density at radius 1 is 0.868 bits per heavy atom. The topological polar surface area (TPSA) is 59.1 Å². The molecule has 4 saturated carbocycles. The van der Waals surface area contributed by atoms with Crippen molar-refractivity contribution < 1.29 is 19.1 Å². The van der Waals surface area contributed by atoms with Crippen LogP contribution in [-0.4, -0.2) is 54.6 Å². The number of hydrogen-bond donors (Lipinski definition) is 0. The Hall–Kier alpha value is -2.86. The van der Waals surface area contributed by atoms with E-state index in [0.717, 1.165) is 59.5 Å². The van der Waals surface area contributed by atoms with Crippen LogP contribution in [0.3, 0.4) is 0 Å². The summed E-state index contributed by atoms with van der Waals surface area (Å²) in [7, 11) is 3.52. The molecule has 38 heavy (non-hydrogen) atoms. The van der Waals surface area contributed by atoms with Crippen molar-refractivity contribution in [2.75, 3.05) is 27.2 Å². The van der Waals surface area contributed by atoms with E-state index in [4.69, 9.17) is 9.47 Å². The number of likely N-dealkylation sites (tertiary alicyclic amines) is 1. The molecule has 6 aliphatic rings. The molecule has 2 amide bonds. The second kappa shape index (κ2) is 8.84. The molecule has 4 bridgehead atoms. The highest BCUT2D eigenvalue weighted by Gasteiger charge is 2.56. The zero-order valence-electron chi connectivity index (χ0n) is 22.6. The van der Waals surface area contributed by atoms with Crippen molar-refractivity contribution in [3.63, 3.8) is 0 Å². The number of carbonyl (C=O) groups is 2. The molecule has 2 heterocycles. The third-order valence-electron chi connectivity index (χ3n) is 10.0. The zero-order valence-corrected chi connectivity index (χ0v) is 22.6. The molecule has 0 unspecified atom stereocenters. The van der Waals surface area contributed by atoms with E-state index in [1.165, 1.54) is 19.3 Å². The van der Waals surface area contributed by atoms with Gasteiger partial charge in [0.25, 0.3) is 5.91 Å². The van der Waals surface area contributed by atoms with Crippen molar-refractivity contribution in [2.45, 2.75) is 63.8 Å². The maximum atomic E-state index is 13.8. The number of rotatable bonds is 3. The number of ether oxygens (including phenoxy) is 2. The van der Waals surface area contributed by atoms with Gasteiger partial charge in [0, 0.05) is 51.2 Å². The number of piperidine rings is 1. The summed E-state index contributed by atoms with van der Waals surface area (Å²) in [5.41, 5.74) is 3.77. The van der Waals surface area contributed by atoms with Gasteiger partial charge in [-0.2, -0.15) is 0 Å². The molecule has 2 aromatic carbocycles. The third kappa shape index (κ3) is 4.03. The first kappa shape index (κ1) is 24.2. The van der Waals surface area contributed by atoms with Gasteiger partial charge in [-0.15, -0.1) is 0 Å². The smallest absolute Gasteiger partial charge is 0.253 e. The summed E-state index contributed by atoms with van der Waals surface area (Å²) in [5, 5.41) is 0. The van der Waals surface area contributed by atoms with Crippen LogP contribution in [0.5, 0.6) is 5.75 Å². The maximum absolute atomic E-state index is 13.8. The molecule has 1 saturated heterocycles. The molecule has 8 rings (SSSR count). The molecule has 4 aliphatic carbocycles. The van der Waals surface area contributed by atoms with Crippen molar-refractivity contribution in [3.05, 3.63) is 53.6 Å². The number of amides is 2. The van der Waals surface area contributed by atoms with Gasteiger partial charge in [-0.05, 0) is 91.7 Å². The molecule has 2 aromatic rings. The highest BCUT2D eigenvalue weighted by Crippen LogP contribution is 2.60. The highest BCUT2D eigenvalue weighted by molar-refractivity contribution is 5.94. The summed E-state index contributed by atoms with van der Waals surface area (Å²) in [6.45, 7) is 1.93. The molecule has 0 radical (unpaired) electrons. The summed E-state index contributed by atoms with van der Waals surface area (Å²) in [6.07, 6.45) is 8.88. The summed E-state index contributed by atoms with van der Waals surface area (Å²) in [6, 6.07) is 14.0. The first-order valence-corrected chi connectivity index (χ1v) is 14.4. The quantitative estimate of drug-likeness (QED) is 0.543. The first-order chi connectivity index (χ1) is 18.3. The van der Waals surface area contributed by atoms with Gasteiger partial charge < -0.3 is 19.3 Å². The molecular weight excluding hydrogens is 476 g/mol. The number of benzene rings is 2. The van der Waals surface area contributed by atoms with E-state index in [0.29, 0.717) is 44.0 Å². The van der Waals surface area contributed by atoms with Crippen LogP contribution in [0.15, 0.2) is 42.5 Å². The highest BCUT2D eigenvalue weighted by atomic mass is 16.7. The maximum Gasteiger partial charge on any atom is 0.253 e. The van der Waals surface area contributed by atoms with E-state index in [1.54, 1.807) is 19.0 Å². The molecule has 5 fully saturated rings. The van der Waals surface area contributed by atoms with Gasteiger partial charge in [-0.1, -0.05) is 18.2 Å². The molecule has 6 nitrogen and oxygen atoms in total. The lowest BCUT2D eigenvalue weighted by molar-refractivity contribution is -0.229. The average molecular weight is 515 g/mol. The minimum atomic E-state index is -0.638. The normalized spacial score (nSPS) is 30.6. The number of fused-ring (bicyclic) bond motifs is 1. The average Bonchev–Trinajstić information content (AvgIpc) is 2.92. The Bertz CT molecular complexity index is 1220. The Morgan fingerprint density at radius 3 is 2.08 bits per heavy atom. The van der Waals surface area contributed by atoms with E-state index in [9.17, 15) is 9.59 Å². The Kier molecular flexibility index (Phi) is 5.63. The van der Waals surface area contributed by atoms with Gasteiger partial charge in [-0.25, -0.2) is 0 Å². The van der Waals surface area contributed by atoms with Crippen molar-refractivity contribution in [2.24, 2.45) is 23.2 Å². The summed E-state index contributed by atoms with van der Waals surface area (Å²) < 4.78 is 12.9. The van der Waals surface area contributed by atoms with Crippen LogP contribution in [0.25, 0.3) is 11.1 Å². The monoisotopic (exact) mass is 514 g/mol. The second-order valence-corrected chi connectivity index (χ2v) is 12.9. The molecule has 0 N–H and O–H groups in total. The van der Waals surface area contributed by atoms with Gasteiger partial charge >= 0.3 is 0 Å². The number of nitrogens with zero attached hydrogens (tertiary/aromatic N) is 2. The summed E-state index contributed by atoms with van der Waals surface area (Å²) >= 11 is 0. The van der Waals surface area contributed by atoms with Gasteiger partial charge in [0.2, 0.25) is 11.7 Å². The largest absolute Gasteiger partial charge is 0.462 e. The van der Waals surface area contributed by atoms with Gasteiger partial charge in [-0.3, -0.25) is 9.59 Å². The molecule has 2 aliphatic heterocycles. The van der Waals surface area contributed by atoms with Crippen LogP contribution < -0.4 is 4.74 Å². The van der Waals surface area contributed by atoms with Gasteiger partial charge in [0.15, 0.2) is 0 Å². The SMILES string of the molecule is CN(C)C(=O)c1ccc(-c2ccc3c(c2)COC2(CCN(C(=O)C45CC6CC(CC(C6)C4)C5)CC2)O3)cc1. The summed E-state index contributed by atoms with van der Waals surface area (Å²) in [4.78, 5) is 29.7. The summed E-state index contributed by atoms with van der Waals surface area (Å²) in [5.74, 6) is 3.01. The van der Waals surface area contributed by atoms with Crippen LogP contribution in [-0.2, 0) is 16.1 Å². The van der Waals surface area contributed by atoms with E-state index >= 15 is 0 Å². The van der Waals surface area contributed by atoms with Crippen LogP contribution >= 0.6 is 0 Å². The molecule has 0 aromatic heterocycles. The van der Waals surface area contributed by atoms with Crippen molar-refractivity contribution in [1.82, 2.24) is 9.80 Å². The molecule has 1 spiro atoms. The minimum Gasteiger partial charge on any atom is -0.462 e. The third-order valence-corrected chi connectivity index (χ3v) is 10.0. The standard InChI is InChI=1S/C32H38N2O4/c1-33(2)29(35)25-5-3-24(4-6-25)26-7-8-28-27(16-26)20-37-32(38-28)9-11-34(12-10-32)30(36)31-17-21-13-22(18-31)15-23(14-21)19-31/h3-8,16,21-23H,9-15,17-20H2,1-2H3. The predicted octanol–water partition coefficient (Wildman–Crippen LogP) is 5.50. The Labute approximate surface area is 225 Å². The number of hydrogen-bond acceptors (Lipinski definition) is 4. The molecule has 0 atom stereocenters. The molecular formula is C32H38N2O4. The lowest BCUT2D eigenvalue weighted by atomic mass is 9.49. The van der Waals surface area contributed by atoms with Gasteiger partial charge in [0.1, 0.15) is 5.75 Å².